The van der Waals surface area contributed by atoms with Crippen molar-refractivity contribution >= 4 is 11.8 Å². The standard InChI is InChI=1S/C17H27N2O2/c1-5-14-13-15(9-10-16(14)19(2,3)4)21-17(20)18-11-7-6-8-12-18/h9-10,13H,5-8,11-12H2,1-4H3/q+1. The maximum absolute atomic E-state index is 12.1. The van der Waals surface area contributed by atoms with Gasteiger partial charge in [-0.2, -0.15) is 0 Å². The van der Waals surface area contributed by atoms with Crippen LogP contribution in [0.4, 0.5) is 10.5 Å². The van der Waals surface area contributed by atoms with Gasteiger partial charge in [0.05, 0.1) is 21.1 Å². The molecule has 0 radical (unpaired) electrons. The number of quaternary nitrogens is 1. The molecule has 1 aliphatic heterocycles. The van der Waals surface area contributed by atoms with Gasteiger partial charge in [-0.15, -0.1) is 0 Å². The molecule has 0 aliphatic carbocycles. The molecule has 0 bridgehead atoms. The Labute approximate surface area is 127 Å². The molecular formula is C17H27N2O2+. The summed E-state index contributed by atoms with van der Waals surface area (Å²) in [4.78, 5) is 14.0. The van der Waals surface area contributed by atoms with Crippen molar-refractivity contribution in [1.29, 1.82) is 0 Å². The van der Waals surface area contributed by atoms with Crippen LogP contribution in [0, 0.1) is 0 Å². The largest absolute Gasteiger partial charge is 0.415 e. The third-order valence-corrected chi connectivity index (χ3v) is 3.97. The SMILES string of the molecule is CCc1cc(OC(=O)N2CCCCC2)ccc1[N+](C)(C)C. The third-order valence-electron chi connectivity index (χ3n) is 3.97. The van der Waals surface area contributed by atoms with Crippen molar-refractivity contribution in [2.45, 2.75) is 32.6 Å². The van der Waals surface area contributed by atoms with Crippen molar-refractivity contribution in [3.8, 4) is 5.75 Å². The van der Waals surface area contributed by atoms with Crippen molar-refractivity contribution < 1.29 is 9.53 Å². The first-order valence-electron chi connectivity index (χ1n) is 7.83. The number of aryl methyl sites for hydroxylation is 1. The molecule has 0 aromatic heterocycles. The van der Waals surface area contributed by atoms with Crippen LogP contribution in [0.1, 0.15) is 31.7 Å². The molecule has 0 unspecified atom stereocenters. The van der Waals surface area contributed by atoms with E-state index >= 15 is 0 Å². The zero-order valence-electron chi connectivity index (χ0n) is 13.7. The van der Waals surface area contributed by atoms with Gasteiger partial charge in [-0.05, 0) is 37.8 Å². The molecule has 0 spiro atoms. The Bertz CT molecular complexity index is 500. The van der Waals surface area contributed by atoms with E-state index in [1.165, 1.54) is 17.7 Å². The van der Waals surface area contributed by atoms with Gasteiger partial charge in [0, 0.05) is 24.7 Å². The van der Waals surface area contributed by atoms with E-state index in [1.807, 2.05) is 17.0 Å². The Morgan fingerprint density at radius 3 is 2.43 bits per heavy atom. The number of carbonyl (C=O) groups excluding carboxylic acids is 1. The topological polar surface area (TPSA) is 29.5 Å². The quantitative estimate of drug-likeness (QED) is 0.799. The lowest BCUT2D eigenvalue weighted by molar-refractivity contribution is 0.142. The second-order valence-corrected chi connectivity index (χ2v) is 6.57. The molecule has 1 saturated heterocycles. The molecule has 1 fully saturated rings. The number of carbonyl (C=O) groups is 1. The normalized spacial score (nSPS) is 15.9. The Morgan fingerprint density at radius 2 is 1.86 bits per heavy atom. The van der Waals surface area contributed by atoms with E-state index < -0.39 is 0 Å². The minimum Gasteiger partial charge on any atom is -0.410 e. The first-order valence-corrected chi connectivity index (χ1v) is 7.83. The summed E-state index contributed by atoms with van der Waals surface area (Å²) < 4.78 is 6.31. The van der Waals surface area contributed by atoms with Gasteiger partial charge in [0.1, 0.15) is 11.4 Å². The number of amides is 1. The van der Waals surface area contributed by atoms with Crippen LogP contribution in [0.5, 0.6) is 5.75 Å². The van der Waals surface area contributed by atoms with Crippen molar-refractivity contribution in [3.63, 3.8) is 0 Å². The summed E-state index contributed by atoms with van der Waals surface area (Å²) >= 11 is 0. The second kappa shape index (κ2) is 6.48. The van der Waals surface area contributed by atoms with Crippen LogP contribution < -0.4 is 9.22 Å². The van der Waals surface area contributed by atoms with E-state index in [-0.39, 0.29) is 6.09 Å². The fourth-order valence-electron chi connectivity index (χ4n) is 2.80. The predicted octanol–water partition coefficient (Wildman–Crippen LogP) is 3.43. The predicted molar refractivity (Wildman–Crippen MR) is 86.8 cm³/mol. The molecule has 0 atom stereocenters. The number of nitrogens with zero attached hydrogens (tertiary/aromatic N) is 2. The van der Waals surface area contributed by atoms with Crippen LogP contribution >= 0.6 is 0 Å². The number of rotatable bonds is 3. The van der Waals surface area contributed by atoms with Crippen molar-refractivity contribution in [2.24, 2.45) is 0 Å². The molecule has 1 aromatic rings. The van der Waals surface area contributed by atoms with Crippen molar-refractivity contribution in [2.75, 3.05) is 34.2 Å². The van der Waals surface area contributed by atoms with Crippen LogP contribution in [0.15, 0.2) is 18.2 Å². The van der Waals surface area contributed by atoms with Gasteiger partial charge in [0.15, 0.2) is 0 Å². The summed E-state index contributed by atoms with van der Waals surface area (Å²) in [6.45, 7) is 3.76. The molecule has 21 heavy (non-hydrogen) atoms. The molecule has 1 amide bonds. The summed E-state index contributed by atoms with van der Waals surface area (Å²) in [5.41, 5.74) is 2.49. The average molecular weight is 291 g/mol. The summed E-state index contributed by atoms with van der Waals surface area (Å²) in [6, 6.07) is 5.97. The highest BCUT2D eigenvalue weighted by Gasteiger charge is 2.21. The van der Waals surface area contributed by atoms with Crippen LogP contribution in [0.2, 0.25) is 0 Å². The highest BCUT2D eigenvalue weighted by Crippen LogP contribution is 2.28. The Morgan fingerprint density at radius 1 is 1.19 bits per heavy atom. The lowest BCUT2D eigenvalue weighted by atomic mass is 10.1. The van der Waals surface area contributed by atoms with Gasteiger partial charge in [0.25, 0.3) is 0 Å². The zero-order chi connectivity index (χ0) is 15.5. The summed E-state index contributed by atoms with van der Waals surface area (Å²) in [5.74, 6) is 0.652. The number of piperidine rings is 1. The molecule has 1 aliphatic rings. The average Bonchev–Trinajstić information content (AvgIpc) is 2.46. The monoisotopic (exact) mass is 291 g/mol. The third kappa shape index (κ3) is 3.97. The Kier molecular flexibility index (Phi) is 4.88. The fourth-order valence-corrected chi connectivity index (χ4v) is 2.80. The number of hydrogen-bond acceptors (Lipinski definition) is 2. The van der Waals surface area contributed by atoms with E-state index in [1.54, 1.807) is 0 Å². The van der Waals surface area contributed by atoms with E-state index in [4.69, 9.17) is 4.74 Å². The molecule has 1 aromatic carbocycles. The fraction of sp³-hybridized carbons (Fsp3) is 0.588. The van der Waals surface area contributed by atoms with Gasteiger partial charge in [-0.25, -0.2) is 4.79 Å². The minimum absolute atomic E-state index is 0.213. The molecule has 4 heteroatoms. The number of likely N-dealkylation sites (tertiary alicyclic amines) is 1. The molecule has 0 saturated carbocycles. The molecule has 116 valence electrons. The lowest BCUT2D eigenvalue weighted by Crippen LogP contribution is -2.37. The summed E-state index contributed by atoms with van der Waals surface area (Å²) in [6.07, 6.45) is 4.09. The van der Waals surface area contributed by atoms with Gasteiger partial charge < -0.3 is 9.64 Å². The van der Waals surface area contributed by atoms with Crippen LogP contribution in [0.25, 0.3) is 0 Å². The Hall–Kier alpha value is -1.55. The second-order valence-electron chi connectivity index (χ2n) is 6.57. The first-order chi connectivity index (χ1) is 9.91. The van der Waals surface area contributed by atoms with Gasteiger partial charge >= 0.3 is 6.09 Å². The van der Waals surface area contributed by atoms with Crippen LogP contribution in [-0.2, 0) is 6.42 Å². The molecule has 4 nitrogen and oxygen atoms in total. The van der Waals surface area contributed by atoms with Crippen molar-refractivity contribution in [3.05, 3.63) is 23.8 Å². The maximum Gasteiger partial charge on any atom is 0.415 e. The number of ether oxygens (including phenoxy) is 1. The number of hydrogen-bond donors (Lipinski definition) is 0. The highest BCUT2D eigenvalue weighted by atomic mass is 16.6. The summed E-state index contributed by atoms with van der Waals surface area (Å²) in [7, 11) is 6.44. The highest BCUT2D eigenvalue weighted by molar-refractivity contribution is 5.71. The first kappa shape index (κ1) is 15.8. The zero-order valence-corrected chi connectivity index (χ0v) is 13.7. The molecule has 2 rings (SSSR count). The van der Waals surface area contributed by atoms with E-state index in [0.29, 0.717) is 5.75 Å². The maximum atomic E-state index is 12.1. The molecule has 0 N–H and O–H groups in total. The minimum atomic E-state index is -0.213. The number of benzene rings is 1. The Balaban J connectivity index is 2.12. The smallest absolute Gasteiger partial charge is 0.410 e. The van der Waals surface area contributed by atoms with Crippen LogP contribution in [0.3, 0.4) is 0 Å². The van der Waals surface area contributed by atoms with E-state index in [0.717, 1.165) is 36.8 Å². The van der Waals surface area contributed by atoms with Crippen LogP contribution in [-0.4, -0.2) is 45.2 Å². The van der Waals surface area contributed by atoms with Gasteiger partial charge in [0.2, 0.25) is 0 Å². The lowest BCUT2D eigenvalue weighted by Gasteiger charge is -2.27. The van der Waals surface area contributed by atoms with E-state index in [9.17, 15) is 4.79 Å². The summed E-state index contributed by atoms with van der Waals surface area (Å²) in [5, 5.41) is 0. The molecule has 1 heterocycles. The van der Waals surface area contributed by atoms with Gasteiger partial charge in [-0.1, -0.05) is 6.92 Å². The van der Waals surface area contributed by atoms with Gasteiger partial charge in [-0.3, -0.25) is 4.48 Å². The molecular weight excluding hydrogens is 264 g/mol. The van der Waals surface area contributed by atoms with Crippen molar-refractivity contribution in [1.82, 2.24) is 9.38 Å². The van der Waals surface area contributed by atoms with E-state index in [2.05, 4.69) is 34.1 Å².